The highest BCUT2D eigenvalue weighted by molar-refractivity contribution is 8.00. The van der Waals surface area contributed by atoms with Crippen molar-refractivity contribution >= 4 is 17.7 Å². The molecule has 0 saturated heterocycles. The molecule has 0 aromatic heterocycles. The van der Waals surface area contributed by atoms with E-state index in [4.69, 9.17) is 4.74 Å². The van der Waals surface area contributed by atoms with Crippen molar-refractivity contribution in [2.45, 2.75) is 44.6 Å². The summed E-state index contributed by atoms with van der Waals surface area (Å²) in [5.74, 6) is 1.74. The van der Waals surface area contributed by atoms with Crippen molar-refractivity contribution in [2.24, 2.45) is 0 Å². The van der Waals surface area contributed by atoms with Crippen LogP contribution in [-0.4, -0.2) is 18.8 Å². The van der Waals surface area contributed by atoms with Gasteiger partial charge in [0.1, 0.15) is 5.75 Å². The van der Waals surface area contributed by atoms with E-state index in [2.05, 4.69) is 38.2 Å². The van der Waals surface area contributed by atoms with E-state index in [1.165, 1.54) is 5.56 Å². The zero-order chi connectivity index (χ0) is 18.4. The molecule has 0 aliphatic carbocycles. The van der Waals surface area contributed by atoms with Gasteiger partial charge < -0.3 is 10.1 Å². The van der Waals surface area contributed by atoms with Gasteiger partial charge in [-0.05, 0) is 60.7 Å². The van der Waals surface area contributed by atoms with Crippen LogP contribution in [0.2, 0.25) is 0 Å². The molecule has 0 aliphatic rings. The van der Waals surface area contributed by atoms with Crippen LogP contribution in [-0.2, 0) is 4.79 Å². The molecule has 1 atom stereocenters. The Morgan fingerprint density at radius 3 is 2.40 bits per heavy atom. The molecule has 0 bridgehead atoms. The molecule has 2 aromatic carbocycles. The number of rotatable bonds is 7. The summed E-state index contributed by atoms with van der Waals surface area (Å²) in [4.78, 5) is 13.4. The molecule has 1 unspecified atom stereocenters. The Kier molecular flexibility index (Phi) is 6.94. The van der Waals surface area contributed by atoms with Crippen LogP contribution in [0.25, 0.3) is 0 Å². The maximum Gasteiger partial charge on any atom is 0.230 e. The first-order valence-electron chi connectivity index (χ1n) is 8.58. The second-order valence-corrected chi connectivity index (χ2v) is 7.55. The summed E-state index contributed by atoms with van der Waals surface area (Å²) in [7, 11) is 1.70. The average Bonchev–Trinajstić information content (AvgIpc) is 2.60. The second-order valence-electron chi connectivity index (χ2n) is 6.50. The van der Waals surface area contributed by atoms with Gasteiger partial charge in [0, 0.05) is 4.90 Å². The Bertz CT molecular complexity index is 713. The maximum atomic E-state index is 12.3. The molecule has 0 saturated carbocycles. The van der Waals surface area contributed by atoms with Gasteiger partial charge in [0.05, 0.1) is 18.9 Å². The third-order valence-electron chi connectivity index (χ3n) is 4.20. The molecule has 0 radical (unpaired) electrons. The lowest BCUT2D eigenvalue weighted by Gasteiger charge is -2.21. The van der Waals surface area contributed by atoms with Crippen LogP contribution < -0.4 is 10.1 Å². The highest BCUT2D eigenvalue weighted by Crippen LogP contribution is 2.32. The summed E-state index contributed by atoms with van der Waals surface area (Å²) in [6.45, 7) is 8.39. The third-order valence-corrected chi connectivity index (χ3v) is 5.21. The molecular weight excluding hydrogens is 330 g/mol. The molecule has 134 valence electrons. The monoisotopic (exact) mass is 357 g/mol. The third kappa shape index (κ3) is 5.27. The second kappa shape index (κ2) is 8.95. The molecule has 0 spiro atoms. The first-order chi connectivity index (χ1) is 11.9. The average molecular weight is 358 g/mol. The summed E-state index contributed by atoms with van der Waals surface area (Å²) >= 11 is 1.55. The van der Waals surface area contributed by atoms with Crippen LogP contribution in [0.3, 0.4) is 0 Å². The van der Waals surface area contributed by atoms with Crippen molar-refractivity contribution in [1.29, 1.82) is 0 Å². The minimum absolute atomic E-state index is 0.0349. The van der Waals surface area contributed by atoms with Crippen molar-refractivity contribution in [1.82, 2.24) is 5.32 Å². The van der Waals surface area contributed by atoms with E-state index in [0.717, 1.165) is 21.8 Å². The van der Waals surface area contributed by atoms with Crippen molar-refractivity contribution < 1.29 is 9.53 Å². The number of methoxy groups -OCH3 is 1. The largest absolute Gasteiger partial charge is 0.496 e. The Morgan fingerprint density at radius 2 is 1.80 bits per heavy atom. The first kappa shape index (κ1) is 19.4. The topological polar surface area (TPSA) is 38.3 Å². The minimum atomic E-state index is -0.0349. The fraction of sp³-hybridized carbons (Fsp3) is 0.381. The smallest absolute Gasteiger partial charge is 0.230 e. The molecule has 1 N–H and O–H groups in total. The van der Waals surface area contributed by atoms with Crippen LogP contribution in [0, 0.1) is 6.92 Å². The van der Waals surface area contributed by atoms with Crippen LogP contribution >= 0.6 is 11.8 Å². The van der Waals surface area contributed by atoms with E-state index in [-0.39, 0.29) is 11.9 Å². The van der Waals surface area contributed by atoms with E-state index in [1.54, 1.807) is 18.9 Å². The number of ether oxygens (including phenoxy) is 1. The normalized spacial score (nSPS) is 12.1. The number of nitrogens with one attached hydrogen (secondary N) is 1. The van der Waals surface area contributed by atoms with Gasteiger partial charge in [0.2, 0.25) is 5.91 Å². The quantitative estimate of drug-likeness (QED) is 0.701. The number of benzene rings is 2. The molecule has 2 rings (SSSR count). The Balaban J connectivity index is 2.05. The van der Waals surface area contributed by atoms with Crippen molar-refractivity contribution in [3.8, 4) is 5.75 Å². The van der Waals surface area contributed by atoms with Crippen molar-refractivity contribution in [2.75, 3.05) is 12.9 Å². The predicted molar refractivity (Wildman–Crippen MR) is 106 cm³/mol. The molecule has 2 aromatic rings. The van der Waals surface area contributed by atoms with Crippen LogP contribution in [0.1, 0.15) is 49.4 Å². The predicted octanol–water partition coefficient (Wildman–Crippen LogP) is 5.10. The lowest BCUT2D eigenvalue weighted by atomic mass is 9.93. The van der Waals surface area contributed by atoms with Crippen molar-refractivity contribution in [3.63, 3.8) is 0 Å². The molecule has 0 heterocycles. The summed E-state index contributed by atoms with van der Waals surface area (Å²) < 4.78 is 5.50. The van der Waals surface area contributed by atoms with Crippen LogP contribution in [0.4, 0.5) is 0 Å². The van der Waals surface area contributed by atoms with Gasteiger partial charge >= 0.3 is 0 Å². The summed E-state index contributed by atoms with van der Waals surface area (Å²) in [5, 5.41) is 3.11. The Labute approximate surface area is 155 Å². The molecule has 0 aliphatic heterocycles. The maximum absolute atomic E-state index is 12.3. The summed E-state index contributed by atoms with van der Waals surface area (Å²) in [5.41, 5.74) is 3.44. The SMILES string of the molecule is COc1cc(C)c(C(C)NC(=O)CSc2ccccc2)cc1C(C)C. The fourth-order valence-electron chi connectivity index (χ4n) is 2.84. The van der Waals surface area contributed by atoms with E-state index in [0.29, 0.717) is 11.7 Å². The number of aryl methyl sites for hydroxylation is 1. The zero-order valence-corrected chi connectivity index (χ0v) is 16.4. The van der Waals surface area contributed by atoms with Gasteiger partial charge in [-0.25, -0.2) is 0 Å². The number of carbonyl (C=O) groups excluding carboxylic acids is 1. The summed E-state index contributed by atoms with van der Waals surface area (Å²) in [6, 6.07) is 14.2. The lowest BCUT2D eigenvalue weighted by molar-refractivity contribution is -0.119. The molecule has 3 nitrogen and oxygen atoms in total. The fourth-order valence-corrected chi connectivity index (χ4v) is 3.57. The first-order valence-corrected chi connectivity index (χ1v) is 9.56. The van der Waals surface area contributed by atoms with E-state index in [9.17, 15) is 4.79 Å². The van der Waals surface area contributed by atoms with E-state index in [1.807, 2.05) is 37.3 Å². The number of amides is 1. The number of hydrogen-bond donors (Lipinski definition) is 1. The van der Waals surface area contributed by atoms with Gasteiger partial charge in [0.15, 0.2) is 0 Å². The van der Waals surface area contributed by atoms with Crippen LogP contribution in [0.15, 0.2) is 47.4 Å². The molecule has 1 amide bonds. The van der Waals surface area contributed by atoms with Crippen LogP contribution in [0.5, 0.6) is 5.75 Å². The van der Waals surface area contributed by atoms with Gasteiger partial charge in [-0.1, -0.05) is 32.0 Å². The van der Waals surface area contributed by atoms with Gasteiger partial charge in [-0.3, -0.25) is 4.79 Å². The van der Waals surface area contributed by atoms with Gasteiger partial charge in [0.25, 0.3) is 0 Å². The molecule has 25 heavy (non-hydrogen) atoms. The highest BCUT2D eigenvalue weighted by atomic mass is 32.2. The van der Waals surface area contributed by atoms with Gasteiger partial charge in [-0.15, -0.1) is 11.8 Å². The number of thioether (sulfide) groups is 1. The van der Waals surface area contributed by atoms with Crippen molar-refractivity contribution in [3.05, 3.63) is 59.2 Å². The molecule has 0 fully saturated rings. The Hall–Kier alpha value is -1.94. The number of carbonyl (C=O) groups is 1. The number of hydrogen-bond acceptors (Lipinski definition) is 3. The van der Waals surface area contributed by atoms with Gasteiger partial charge in [-0.2, -0.15) is 0 Å². The minimum Gasteiger partial charge on any atom is -0.496 e. The lowest BCUT2D eigenvalue weighted by Crippen LogP contribution is -2.28. The molecular formula is C21H27NO2S. The highest BCUT2D eigenvalue weighted by Gasteiger charge is 2.16. The Morgan fingerprint density at radius 1 is 1.12 bits per heavy atom. The van der Waals surface area contributed by atoms with E-state index < -0.39 is 0 Å². The van der Waals surface area contributed by atoms with E-state index >= 15 is 0 Å². The zero-order valence-electron chi connectivity index (χ0n) is 15.6. The summed E-state index contributed by atoms with van der Waals surface area (Å²) in [6.07, 6.45) is 0. The molecule has 4 heteroatoms. The standard InChI is InChI=1S/C21H27NO2S/c1-14(2)18-12-19(15(3)11-20(18)24-5)16(4)22-21(23)13-25-17-9-7-6-8-10-17/h6-12,14,16H,13H2,1-5H3,(H,22,23).